The number of nitrogens with one attached hydrogen (secondary N) is 2. The quantitative estimate of drug-likeness (QED) is 0.669. The Hall–Kier alpha value is -3.94. The summed E-state index contributed by atoms with van der Waals surface area (Å²) in [6.45, 7) is 1.15. The number of carbonyl (C=O) groups excluding carboxylic acids is 4. The van der Waals surface area contributed by atoms with Gasteiger partial charge in [-0.15, -0.1) is 0 Å². The lowest BCUT2D eigenvalue weighted by Crippen LogP contribution is -2.59. The van der Waals surface area contributed by atoms with Gasteiger partial charge >= 0.3 is 0 Å². The van der Waals surface area contributed by atoms with E-state index in [1.165, 1.54) is 5.01 Å². The first-order valence-electron chi connectivity index (χ1n) is 12.1. The molecule has 8 nitrogen and oxygen atoms in total. The van der Waals surface area contributed by atoms with Gasteiger partial charge in [0, 0.05) is 30.3 Å². The van der Waals surface area contributed by atoms with Crippen LogP contribution < -0.4 is 15.8 Å². The van der Waals surface area contributed by atoms with E-state index in [-0.39, 0.29) is 41.5 Å². The van der Waals surface area contributed by atoms with Crippen LogP contribution in [-0.4, -0.2) is 47.7 Å². The predicted molar refractivity (Wildman–Crippen MR) is 130 cm³/mol. The van der Waals surface area contributed by atoms with E-state index in [2.05, 4.69) is 10.7 Å². The van der Waals surface area contributed by atoms with Crippen LogP contribution in [0.15, 0.2) is 66.7 Å². The fraction of sp³-hybridized carbons (Fsp3) is 0.333. The molecule has 2 fully saturated rings. The number of benzene rings is 2. The van der Waals surface area contributed by atoms with Gasteiger partial charge in [-0.05, 0) is 56.0 Å². The number of likely N-dealkylation sites (tertiary alicyclic amines) is 1. The maximum Gasteiger partial charge on any atom is 0.253 e. The van der Waals surface area contributed by atoms with Crippen LogP contribution in [0, 0.1) is 11.8 Å². The van der Waals surface area contributed by atoms with Gasteiger partial charge in [-0.2, -0.15) is 0 Å². The van der Waals surface area contributed by atoms with Gasteiger partial charge in [0.05, 0.1) is 17.5 Å². The molecule has 35 heavy (non-hydrogen) atoms. The van der Waals surface area contributed by atoms with Crippen LogP contribution in [0.5, 0.6) is 0 Å². The Bertz CT molecular complexity index is 1170. The van der Waals surface area contributed by atoms with Crippen molar-refractivity contribution in [2.45, 2.75) is 31.7 Å². The summed E-state index contributed by atoms with van der Waals surface area (Å²) in [4.78, 5) is 53.0. The number of hydrazine groups is 1. The Morgan fingerprint density at radius 2 is 1.54 bits per heavy atom. The number of allylic oxidation sites excluding steroid dienone is 2. The molecule has 2 aliphatic heterocycles. The minimum atomic E-state index is -0.380. The molecule has 0 aromatic heterocycles. The van der Waals surface area contributed by atoms with Gasteiger partial charge in [0.25, 0.3) is 11.8 Å². The van der Waals surface area contributed by atoms with E-state index in [1.807, 2.05) is 47.4 Å². The second-order valence-corrected chi connectivity index (χ2v) is 9.26. The average molecular weight is 473 g/mol. The Balaban J connectivity index is 1.21. The minimum absolute atomic E-state index is 0.00650. The number of nitrogens with zero attached hydrogens (tertiary/aromatic N) is 2. The van der Waals surface area contributed by atoms with Gasteiger partial charge in [0.2, 0.25) is 11.8 Å². The summed E-state index contributed by atoms with van der Waals surface area (Å²) in [6.07, 6.45) is 6.32. The molecule has 0 bridgehead atoms. The smallest absolute Gasteiger partial charge is 0.253 e. The van der Waals surface area contributed by atoms with Crippen molar-refractivity contribution in [3.05, 3.63) is 77.9 Å². The maximum atomic E-state index is 13.0. The van der Waals surface area contributed by atoms with Crippen molar-refractivity contribution in [2.24, 2.45) is 11.8 Å². The molecule has 2 heterocycles. The molecular formula is C27H28N4O4. The van der Waals surface area contributed by atoms with Crippen LogP contribution >= 0.6 is 0 Å². The van der Waals surface area contributed by atoms with Crippen molar-refractivity contribution in [2.75, 3.05) is 18.1 Å². The van der Waals surface area contributed by atoms with Crippen molar-refractivity contribution < 1.29 is 19.2 Å². The van der Waals surface area contributed by atoms with E-state index in [0.29, 0.717) is 55.6 Å². The van der Waals surface area contributed by atoms with Crippen LogP contribution in [0.2, 0.25) is 0 Å². The van der Waals surface area contributed by atoms with Gasteiger partial charge in [-0.25, -0.2) is 5.01 Å². The normalized spacial score (nSPS) is 22.4. The Morgan fingerprint density at radius 3 is 2.29 bits per heavy atom. The van der Waals surface area contributed by atoms with Gasteiger partial charge in [0.1, 0.15) is 0 Å². The van der Waals surface area contributed by atoms with Gasteiger partial charge in [-0.3, -0.25) is 24.6 Å². The molecule has 3 aliphatic rings. The predicted octanol–water partition coefficient (Wildman–Crippen LogP) is 2.68. The molecule has 0 radical (unpaired) electrons. The zero-order valence-corrected chi connectivity index (χ0v) is 19.4. The number of rotatable bonds is 4. The zero-order valence-electron chi connectivity index (χ0n) is 19.4. The number of amides is 4. The number of piperidine rings is 1. The van der Waals surface area contributed by atoms with E-state index < -0.39 is 0 Å². The number of hydrogen-bond donors (Lipinski definition) is 2. The minimum Gasteiger partial charge on any atom is -0.349 e. The standard InChI is InChI=1S/C27H28N4O4/c32-24(28-20-13-15-30(16-14-20)26(34)18-7-2-1-3-8-18)19-9-6-10-21(17-19)31-27(35)23-12-5-4-11-22(23)25(33)29-31/h1-10,17,20,22-23H,11-16H2,(H,28,32)(H,29,33). The maximum absolute atomic E-state index is 13.0. The van der Waals surface area contributed by atoms with Crippen molar-refractivity contribution in [1.29, 1.82) is 0 Å². The van der Waals surface area contributed by atoms with Crippen LogP contribution in [0.3, 0.4) is 0 Å². The molecule has 8 heteroatoms. The molecule has 2 aromatic rings. The lowest BCUT2D eigenvalue weighted by Gasteiger charge is -2.38. The third kappa shape index (κ3) is 4.69. The third-order valence-electron chi connectivity index (χ3n) is 7.03. The molecule has 2 N–H and O–H groups in total. The third-order valence-corrected chi connectivity index (χ3v) is 7.03. The summed E-state index contributed by atoms with van der Waals surface area (Å²) in [5.41, 5.74) is 4.25. The zero-order chi connectivity index (χ0) is 24.4. The molecule has 0 spiro atoms. The summed E-state index contributed by atoms with van der Waals surface area (Å²) in [5.74, 6) is -1.29. The number of hydrogen-bond acceptors (Lipinski definition) is 4. The topological polar surface area (TPSA) is 98.8 Å². The highest BCUT2D eigenvalue weighted by atomic mass is 16.2. The van der Waals surface area contributed by atoms with E-state index >= 15 is 0 Å². The molecule has 180 valence electrons. The summed E-state index contributed by atoms with van der Waals surface area (Å²) in [5, 5.41) is 4.32. The molecular weight excluding hydrogens is 444 g/mol. The van der Waals surface area contributed by atoms with Crippen LogP contribution in [0.1, 0.15) is 46.4 Å². The monoisotopic (exact) mass is 472 g/mol. The van der Waals surface area contributed by atoms with Gasteiger partial charge in [0.15, 0.2) is 0 Å². The molecule has 0 saturated carbocycles. The van der Waals surface area contributed by atoms with Gasteiger partial charge in [-0.1, -0.05) is 36.4 Å². The molecule has 2 atom stereocenters. The van der Waals surface area contributed by atoms with Crippen LogP contribution in [0.4, 0.5) is 5.69 Å². The van der Waals surface area contributed by atoms with E-state index in [0.717, 1.165) is 0 Å². The average Bonchev–Trinajstić information content (AvgIpc) is 2.91. The number of carbonyl (C=O) groups is 4. The summed E-state index contributed by atoms with van der Waals surface area (Å²) >= 11 is 0. The fourth-order valence-electron chi connectivity index (χ4n) is 5.03. The molecule has 2 unspecified atom stereocenters. The first-order chi connectivity index (χ1) is 17.0. The largest absolute Gasteiger partial charge is 0.349 e. The van der Waals surface area contributed by atoms with Crippen molar-refractivity contribution in [3.8, 4) is 0 Å². The molecule has 1 aliphatic carbocycles. The highest BCUT2D eigenvalue weighted by Gasteiger charge is 2.42. The van der Waals surface area contributed by atoms with Crippen LogP contribution in [-0.2, 0) is 9.59 Å². The molecule has 2 aromatic carbocycles. The second-order valence-electron chi connectivity index (χ2n) is 9.26. The second kappa shape index (κ2) is 9.74. The number of fused-ring (bicyclic) bond motifs is 1. The van der Waals surface area contributed by atoms with Crippen molar-refractivity contribution in [1.82, 2.24) is 15.6 Å². The molecule has 2 saturated heterocycles. The highest BCUT2D eigenvalue weighted by molar-refractivity contribution is 6.05. The highest BCUT2D eigenvalue weighted by Crippen LogP contribution is 2.32. The number of anilines is 1. The lowest BCUT2D eigenvalue weighted by atomic mass is 9.80. The first kappa shape index (κ1) is 22.8. The SMILES string of the molecule is O=C(NC1CCN(C(=O)c2ccccc2)CC1)c1cccc(N2NC(=O)C3CC=CCC3C2=O)c1. The van der Waals surface area contributed by atoms with E-state index in [9.17, 15) is 19.2 Å². The first-order valence-corrected chi connectivity index (χ1v) is 12.1. The molecule has 4 amide bonds. The van der Waals surface area contributed by atoms with Crippen molar-refractivity contribution >= 4 is 29.3 Å². The van der Waals surface area contributed by atoms with Crippen molar-refractivity contribution in [3.63, 3.8) is 0 Å². The molecule has 5 rings (SSSR count). The summed E-state index contributed by atoms with van der Waals surface area (Å²) in [6, 6.07) is 15.9. The van der Waals surface area contributed by atoms with Crippen LogP contribution in [0.25, 0.3) is 0 Å². The summed E-state index contributed by atoms with van der Waals surface area (Å²) < 4.78 is 0. The van der Waals surface area contributed by atoms with Gasteiger partial charge < -0.3 is 10.2 Å². The Kier molecular flexibility index (Phi) is 6.35. The lowest BCUT2D eigenvalue weighted by molar-refractivity contribution is -0.139. The Morgan fingerprint density at radius 1 is 0.857 bits per heavy atom. The van der Waals surface area contributed by atoms with E-state index in [4.69, 9.17) is 0 Å². The Labute approximate surface area is 203 Å². The summed E-state index contributed by atoms with van der Waals surface area (Å²) in [7, 11) is 0. The fourth-order valence-corrected chi connectivity index (χ4v) is 5.03. The van der Waals surface area contributed by atoms with E-state index in [1.54, 1.807) is 24.3 Å².